The van der Waals surface area contributed by atoms with E-state index >= 15 is 0 Å². The van der Waals surface area contributed by atoms with E-state index in [9.17, 15) is 26.4 Å². The van der Waals surface area contributed by atoms with Crippen molar-refractivity contribution in [1.82, 2.24) is 9.21 Å². The van der Waals surface area contributed by atoms with Gasteiger partial charge in [-0.3, -0.25) is 4.79 Å². The maximum absolute atomic E-state index is 12.8. The molecule has 31 heavy (non-hydrogen) atoms. The minimum absolute atomic E-state index is 0.0223. The second kappa shape index (κ2) is 9.23. The standard InChI is InChI=1S/C19H17Cl2F3N2O4S/c20-14-10-15(21)12-17(11-14)31(28,29)26-7-5-25(6-8-26)18(27)9-13-1-3-16(4-2-13)30-19(22,23)24/h1-4,10-12H,5-9H2. The van der Waals surface area contributed by atoms with Crippen LogP contribution in [0.5, 0.6) is 5.75 Å². The van der Waals surface area contributed by atoms with Crippen LogP contribution in [0.1, 0.15) is 5.56 Å². The highest BCUT2D eigenvalue weighted by Crippen LogP contribution is 2.26. The monoisotopic (exact) mass is 496 g/mol. The predicted molar refractivity (Wildman–Crippen MR) is 109 cm³/mol. The van der Waals surface area contributed by atoms with E-state index in [0.29, 0.717) is 5.56 Å². The van der Waals surface area contributed by atoms with E-state index < -0.39 is 16.4 Å². The molecule has 1 aliphatic heterocycles. The molecule has 0 aliphatic carbocycles. The van der Waals surface area contributed by atoms with E-state index in [4.69, 9.17) is 23.2 Å². The fraction of sp³-hybridized carbons (Fsp3) is 0.316. The summed E-state index contributed by atoms with van der Waals surface area (Å²) in [7, 11) is -3.81. The number of sulfonamides is 1. The molecule has 3 rings (SSSR count). The van der Waals surface area contributed by atoms with Gasteiger partial charge in [-0.2, -0.15) is 4.31 Å². The fourth-order valence-corrected chi connectivity index (χ4v) is 5.25. The summed E-state index contributed by atoms with van der Waals surface area (Å²) in [6.07, 6.45) is -4.81. The van der Waals surface area contributed by atoms with Crippen molar-refractivity contribution in [3.63, 3.8) is 0 Å². The van der Waals surface area contributed by atoms with Crippen LogP contribution in [0.25, 0.3) is 0 Å². The van der Waals surface area contributed by atoms with Crippen LogP contribution < -0.4 is 4.74 Å². The van der Waals surface area contributed by atoms with Gasteiger partial charge in [-0.05, 0) is 35.9 Å². The van der Waals surface area contributed by atoms with Gasteiger partial charge in [0.25, 0.3) is 0 Å². The third-order valence-electron chi connectivity index (χ3n) is 4.58. The first-order chi connectivity index (χ1) is 14.4. The average Bonchev–Trinajstić information content (AvgIpc) is 2.67. The number of nitrogens with zero attached hydrogens (tertiary/aromatic N) is 2. The number of rotatable bonds is 5. The summed E-state index contributed by atoms with van der Waals surface area (Å²) in [4.78, 5) is 14.0. The number of amides is 1. The van der Waals surface area contributed by atoms with Gasteiger partial charge in [0, 0.05) is 36.2 Å². The number of hydrogen-bond donors (Lipinski definition) is 0. The zero-order valence-electron chi connectivity index (χ0n) is 15.9. The van der Waals surface area contributed by atoms with Gasteiger partial charge >= 0.3 is 6.36 Å². The van der Waals surface area contributed by atoms with Gasteiger partial charge in [-0.1, -0.05) is 35.3 Å². The van der Waals surface area contributed by atoms with Crippen LogP contribution in [0.3, 0.4) is 0 Å². The van der Waals surface area contributed by atoms with Gasteiger partial charge < -0.3 is 9.64 Å². The van der Waals surface area contributed by atoms with Crippen molar-refractivity contribution in [1.29, 1.82) is 0 Å². The number of halogens is 5. The summed E-state index contributed by atoms with van der Waals surface area (Å²) in [6.45, 7) is 0.552. The van der Waals surface area contributed by atoms with Crippen molar-refractivity contribution < 1.29 is 31.1 Å². The Balaban J connectivity index is 1.58. The number of alkyl halides is 3. The van der Waals surface area contributed by atoms with Crippen LogP contribution in [0.2, 0.25) is 10.0 Å². The lowest BCUT2D eigenvalue weighted by Crippen LogP contribution is -2.50. The lowest BCUT2D eigenvalue weighted by atomic mass is 10.1. The van der Waals surface area contributed by atoms with E-state index in [2.05, 4.69) is 4.74 Å². The molecule has 6 nitrogen and oxygen atoms in total. The van der Waals surface area contributed by atoms with Crippen LogP contribution in [-0.4, -0.2) is 56.1 Å². The van der Waals surface area contributed by atoms with E-state index in [1.165, 1.54) is 39.5 Å². The van der Waals surface area contributed by atoms with Gasteiger partial charge in [0.05, 0.1) is 11.3 Å². The van der Waals surface area contributed by atoms with E-state index in [1.807, 2.05) is 0 Å². The number of carbonyl (C=O) groups excluding carboxylic acids is 1. The number of carbonyl (C=O) groups is 1. The van der Waals surface area contributed by atoms with Crippen LogP contribution in [0.4, 0.5) is 13.2 Å². The van der Waals surface area contributed by atoms with Crippen molar-refractivity contribution in [3.8, 4) is 5.75 Å². The van der Waals surface area contributed by atoms with Crippen molar-refractivity contribution in [2.24, 2.45) is 0 Å². The molecule has 1 fully saturated rings. The highest BCUT2D eigenvalue weighted by atomic mass is 35.5. The van der Waals surface area contributed by atoms with Gasteiger partial charge in [-0.15, -0.1) is 13.2 Å². The Bertz CT molecular complexity index is 1030. The molecule has 12 heteroatoms. The lowest BCUT2D eigenvalue weighted by Gasteiger charge is -2.34. The molecule has 1 saturated heterocycles. The summed E-state index contributed by atoms with van der Waals surface area (Å²) >= 11 is 11.8. The maximum atomic E-state index is 12.8. The number of piperazine rings is 1. The Hall–Kier alpha value is -2.01. The quantitative estimate of drug-likeness (QED) is 0.628. The van der Waals surface area contributed by atoms with Gasteiger partial charge in [-0.25, -0.2) is 8.42 Å². The average molecular weight is 497 g/mol. The first-order valence-corrected chi connectivity index (χ1v) is 11.2. The molecule has 0 bridgehead atoms. The summed E-state index contributed by atoms with van der Waals surface area (Å²) in [5.74, 6) is -0.629. The molecular weight excluding hydrogens is 480 g/mol. The summed E-state index contributed by atoms with van der Waals surface area (Å²) < 4.78 is 67.3. The smallest absolute Gasteiger partial charge is 0.406 e. The Morgan fingerprint density at radius 2 is 1.52 bits per heavy atom. The topological polar surface area (TPSA) is 66.9 Å². The van der Waals surface area contributed by atoms with E-state index in [0.717, 1.165) is 12.1 Å². The Kier molecular flexibility index (Phi) is 7.04. The Morgan fingerprint density at radius 3 is 2.03 bits per heavy atom. The van der Waals surface area contributed by atoms with Crippen LogP contribution >= 0.6 is 23.2 Å². The number of hydrogen-bond acceptors (Lipinski definition) is 4. The fourth-order valence-electron chi connectivity index (χ4n) is 3.10. The minimum Gasteiger partial charge on any atom is -0.406 e. The first kappa shape index (κ1) is 23.6. The van der Waals surface area contributed by atoms with Crippen LogP contribution in [-0.2, 0) is 21.2 Å². The normalized spacial score (nSPS) is 15.7. The molecule has 0 N–H and O–H groups in total. The van der Waals surface area contributed by atoms with Gasteiger partial charge in [0.15, 0.2) is 0 Å². The molecule has 0 spiro atoms. The SMILES string of the molecule is O=C(Cc1ccc(OC(F)(F)F)cc1)N1CCN(S(=O)(=O)c2cc(Cl)cc(Cl)c2)CC1. The molecular formula is C19H17Cl2F3N2O4S. The molecule has 0 radical (unpaired) electrons. The molecule has 0 saturated carbocycles. The van der Waals surface area contributed by atoms with Gasteiger partial charge in [0.1, 0.15) is 5.75 Å². The molecule has 0 atom stereocenters. The van der Waals surface area contributed by atoms with Crippen molar-refractivity contribution >= 4 is 39.1 Å². The van der Waals surface area contributed by atoms with Crippen molar-refractivity contribution in [3.05, 3.63) is 58.1 Å². The molecule has 2 aromatic carbocycles. The lowest BCUT2D eigenvalue weighted by molar-refractivity contribution is -0.274. The van der Waals surface area contributed by atoms with E-state index in [1.54, 1.807) is 0 Å². The third-order valence-corrected chi connectivity index (χ3v) is 6.89. The minimum atomic E-state index is -4.78. The molecule has 168 valence electrons. The number of ether oxygens (including phenoxy) is 1. The number of benzene rings is 2. The second-order valence-corrected chi connectivity index (χ2v) is 9.57. The maximum Gasteiger partial charge on any atom is 0.573 e. The molecule has 0 unspecified atom stereocenters. The van der Waals surface area contributed by atoms with E-state index in [-0.39, 0.29) is 59.2 Å². The highest BCUT2D eigenvalue weighted by Gasteiger charge is 2.32. The van der Waals surface area contributed by atoms with Crippen LogP contribution in [0, 0.1) is 0 Å². The molecule has 1 amide bonds. The molecule has 0 aromatic heterocycles. The molecule has 1 heterocycles. The zero-order valence-corrected chi connectivity index (χ0v) is 18.2. The Labute approximate surface area is 187 Å². The summed E-state index contributed by atoms with van der Waals surface area (Å²) in [6, 6.07) is 9.08. The first-order valence-electron chi connectivity index (χ1n) is 9.03. The molecule has 1 aliphatic rings. The highest BCUT2D eigenvalue weighted by molar-refractivity contribution is 7.89. The predicted octanol–water partition coefficient (Wildman–Crippen LogP) is 3.97. The summed E-state index contributed by atoms with van der Waals surface area (Å²) in [5, 5.41) is 0.401. The third kappa shape index (κ3) is 6.25. The second-order valence-electron chi connectivity index (χ2n) is 6.76. The largest absolute Gasteiger partial charge is 0.573 e. The summed E-state index contributed by atoms with van der Waals surface area (Å²) in [5.41, 5.74) is 0.517. The Morgan fingerprint density at radius 1 is 0.968 bits per heavy atom. The van der Waals surface area contributed by atoms with Crippen molar-refractivity contribution in [2.45, 2.75) is 17.7 Å². The zero-order chi connectivity index (χ0) is 22.8. The molecule has 2 aromatic rings. The van der Waals surface area contributed by atoms with Crippen LogP contribution in [0.15, 0.2) is 47.4 Å². The van der Waals surface area contributed by atoms with Gasteiger partial charge in [0.2, 0.25) is 15.9 Å². The van der Waals surface area contributed by atoms with Crippen molar-refractivity contribution in [2.75, 3.05) is 26.2 Å².